The van der Waals surface area contributed by atoms with E-state index in [2.05, 4.69) is 11.2 Å². The van der Waals surface area contributed by atoms with E-state index in [1.54, 1.807) is 18.2 Å². The maximum absolute atomic E-state index is 12.5. The van der Waals surface area contributed by atoms with Crippen LogP contribution in [0.2, 0.25) is 0 Å². The summed E-state index contributed by atoms with van der Waals surface area (Å²) in [4.78, 5) is 25.4. The molecule has 10 nitrogen and oxygen atoms in total. The predicted molar refractivity (Wildman–Crippen MR) is 155 cm³/mol. The first-order chi connectivity index (χ1) is 19.7. The average molecular weight is 552 g/mol. The summed E-state index contributed by atoms with van der Waals surface area (Å²) in [7, 11) is 1.61. The van der Waals surface area contributed by atoms with Gasteiger partial charge in [-0.3, -0.25) is 4.98 Å². The van der Waals surface area contributed by atoms with E-state index in [-0.39, 0.29) is 17.9 Å². The van der Waals surface area contributed by atoms with Crippen molar-refractivity contribution < 1.29 is 14.3 Å². The molecular formula is C31H33N7O3. The van der Waals surface area contributed by atoms with Crippen molar-refractivity contribution in [1.82, 2.24) is 24.8 Å². The Morgan fingerprint density at radius 3 is 2.71 bits per heavy atom. The molecule has 1 amide bonds. The first-order valence-electron chi connectivity index (χ1n) is 13.9. The lowest BCUT2D eigenvalue weighted by molar-refractivity contribution is 0.0292. The van der Waals surface area contributed by atoms with Gasteiger partial charge >= 0.3 is 6.09 Å². The molecule has 1 aromatic carbocycles. The molecule has 210 valence electrons. The van der Waals surface area contributed by atoms with E-state index in [0.717, 1.165) is 47.2 Å². The zero-order valence-electron chi connectivity index (χ0n) is 23.7. The van der Waals surface area contributed by atoms with Crippen LogP contribution in [0, 0.1) is 11.3 Å². The molecule has 10 heteroatoms. The standard InChI is InChI=1S/C31H33N7O3/c1-31(2,3)41-30(39)37-13-12-20(17-37)24-11-9-19(16-34-24)27-29-25(38(33)36-27)14-26(40-4)28(35-29)23-7-5-6-21-18(15-32)8-10-22(21)23/h5-7,9,11,14,16,18,20H,8,10,12-13,17,33H2,1-4H3. The molecule has 0 spiro atoms. The predicted octanol–water partition coefficient (Wildman–Crippen LogP) is 5.16. The van der Waals surface area contributed by atoms with Crippen molar-refractivity contribution in [2.24, 2.45) is 0 Å². The summed E-state index contributed by atoms with van der Waals surface area (Å²) in [5.74, 6) is 6.89. The van der Waals surface area contributed by atoms with Crippen molar-refractivity contribution in [1.29, 1.82) is 5.26 Å². The number of carbonyl (C=O) groups excluding carboxylic acids is 1. The Kier molecular flexibility index (Phi) is 6.53. The Balaban J connectivity index is 1.32. The molecule has 4 heterocycles. The number of benzene rings is 1. The van der Waals surface area contributed by atoms with Crippen molar-refractivity contribution in [3.8, 4) is 34.3 Å². The van der Waals surface area contributed by atoms with Crippen LogP contribution >= 0.6 is 0 Å². The molecule has 0 bridgehead atoms. The van der Waals surface area contributed by atoms with E-state index >= 15 is 0 Å². The second-order valence-electron chi connectivity index (χ2n) is 11.7. The zero-order valence-corrected chi connectivity index (χ0v) is 23.7. The molecule has 6 rings (SSSR count). The lowest BCUT2D eigenvalue weighted by Gasteiger charge is -2.24. The van der Waals surface area contributed by atoms with Crippen molar-refractivity contribution >= 4 is 17.1 Å². The van der Waals surface area contributed by atoms with Crippen molar-refractivity contribution in [2.75, 3.05) is 26.0 Å². The maximum atomic E-state index is 12.5. The number of fused-ring (bicyclic) bond motifs is 2. The SMILES string of the molecule is COc1cc2c(nc1-c1cccc3c1CCC3C#N)c(-c1ccc(C3CCN(C(=O)OC(C)(C)C)C3)nc1)nn2N. The summed E-state index contributed by atoms with van der Waals surface area (Å²) in [5, 5.41) is 14.2. The third kappa shape index (κ3) is 4.82. The fraction of sp³-hybridized carbons (Fsp3) is 0.387. The second kappa shape index (κ2) is 10.1. The molecule has 0 radical (unpaired) electrons. The number of methoxy groups -OCH3 is 1. The molecule has 4 aromatic rings. The number of amides is 1. The molecule has 2 N–H and O–H groups in total. The number of nitrogen functional groups attached to an aromatic ring is 1. The highest BCUT2D eigenvalue weighted by atomic mass is 16.6. The van der Waals surface area contributed by atoms with E-state index in [1.807, 2.05) is 57.2 Å². The quantitative estimate of drug-likeness (QED) is 0.344. The van der Waals surface area contributed by atoms with Crippen molar-refractivity contribution in [3.05, 3.63) is 59.4 Å². The van der Waals surface area contributed by atoms with Gasteiger partial charge in [0.1, 0.15) is 33.8 Å². The Hall–Kier alpha value is -4.65. The van der Waals surface area contributed by atoms with Gasteiger partial charge in [-0.25, -0.2) is 9.78 Å². The molecule has 3 aromatic heterocycles. The largest absolute Gasteiger partial charge is 0.494 e. The number of nitrogens with two attached hydrogens (primary N) is 1. The van der Waals surface area contributed by atoms with Crippen LogP contribution in [0.25, 0.3) is 33.5 Å². The number of pyridine rings is 2. The van der Waals surface area contributed by atoms with Crippen LogP contribution in [0.5, 0.6) is 5.75 Å². The topological polar surface area (TPSA) is 132 Å². The lowest BCUT2D eigenvalue weighted by Crippen LogP contribution is -2.35. The highest BCUT2D eigenvalue weighted by Crippen LogP contribution is 2.42. The Morgan fingerprint density at radius 1 is 1.17 bits per heavy atom. The molecule has 2 atom stereocenters. The third-order valence-electron chi connectivity index (χ3n) is 7.87. The average Bonchev–Trinajstić information content (AvgIpc) is 3.69. The van der Waals surface area contributed by atoms with Crippen LogP contribution in [-0.2, 0) is 11.2 Å². The van der Waals surface area contributed by atoms with Crippen LogP contribution in [0.15, 0.2) is 42.6 Å². The van der Waals surface area contributed by atoms with E-state index in [1.165, 1.54) is 4.79 Å². The smallest absolute Gasteiger partial charge is 0.410 e. The second-order valence-corrected chi connectivity index (χ2v) is 11.7. The van der Waals surface area contributed by atoms with Gasteiger partial charge in [0.15, 0.2) is 0 Å². The molecular weight excluding hydrogens is 518 g/mol. The number of likely N-dealkylation sites (tertiary alicyclic amines) is 1. The monoisotopic (exact) mass is 551 g/mol. The van der Waals surface area contributed by atoms with E-state index in [4.69, 9.17) is 25.3 Å². The van der Waals surface area contributed by atoms with E-state index in [9.17, 15) is 10.1 Å². The normalized spacial score (nSPS) is 18.4. The number of carbonyl (C=O) groups is 1. The van der Waals surface area contributed by atoms with Gasteiger partial charge in [-0.15, -0.1) is 5.10 Å². The number of aromatic nitrogens is 4. The van der Waals surface area contributed by atoms with Crippen LogP contribution in [0.4, 0.5) is 4.79 Å². The van der Waals surface area contributed by atoms with Gasteiger partial charge in [0.2, 0.25) is 0 Å². The maximum Gasteiger partial charge on any atom is 0.410 e. The fourth-order valence-corrected chi connectivity index (χ4v) is 5.88. The molecule has 1 saturated heterocycles. The van der Waals surface area contributed by atoms with Crippen molar-refractivity contribution in [2.45, 2.75) is 57.5 Å². The van der Waals surface area contributed by atoms with Gasteiger partial charge in [-0.1, -0.05) is 18.2 Å². The highest BCUT2D eigenvalue weighted by molar-refractivity contribution is 5.93. The molecule has 1 aliphatic heterocycles. The zero-order chi connectivity index (χ0) is 28.9. The summed E-state index contributed by atoms with van der Waals surface area (Å²) < 4.78 is 11.3. The summed E-state index contributed by atoms with van der Waals surface area (Å²) in [6.07, 6.45) is 3.93. The fourth-order valence-electron chi connectivity index (χ4n) is 5.88. The minimum Gasteiger partial charge on any atom is -0.494 e. The molecule has 2 unspecified atom stereocenters. The molecule has 2 aliphatic rings. The van der Waals surface area contributed by atoms with Crippen LogP contribution in [0.3, 0.4) is 0 Å². The lowest BCUT2D eigenvalue weighted by atomic mass is 9.97. The van der Waals surface area contributed by atoms with E-state index in [0.29, 0.717) is 41.3 Å². The number of ether oxygens (including phenoxy) is 2. The van der Waals surface area contributed by atoms with Crippen LogP contribution in [-0.4, -0.2) is 56.7 Å². The number of hydrogen-bond donors (Lipinski definition) is 1. The molecule has 41 heavy (non-hydrogen) atoms. The minimum atomic E-state index is -0.526. The summed E-state index contributed by atoms with van der Waals surface area (Å²) in [6, 6.07) is 14.3. The first kappa shape index (κ1) is 26.6. The summed E-state index contributed by atoms with van der Waals surface area (Å²) in [6.45, 7) is 6.82. The summed E-state index contributed by atoms with van der Waals surface area (Å²) >= 11 is 0. The van der Waals surface area contributed by atoms with Gasteiger partial charge in [0.25, 0.3) is 0 Å². The third-order valence-corrected chi connectivity index (χ3v) is 7.87. The molecule has 1 fully saturated rings. The van der Waals surface area contributed by atoms with Crippen molar-refractivity contribution in [3.63, 3.8) is 0 Å². The van der Waals surface area contributed by atoms with Gasteiger partial charge < -0.3 is 20.2 Å². The van der Waals surface area contributed by atoms with Crippen LogP contribution < -0.4 is 10.6 Å². The molecule has 1 aliphatic carbocycles. The highest BCUT2D eigenvalue weighted by Gasteiger charge is 2.31. The Bertz CT molecular complexity index is 1680. The van der Waals surface area contributed by atoms with Gasteiger partial charge in [-0.05, 0) is 63.3 Å². The van der Waals surface area contributed by atoms with E-state index < -0.39 is 5.60 Å². The number of hydrogen-bond acceptors (Lipinski definition) is 8. The molecule has 0 saturated carbocycles. The van der Waals surface area contributed by atoms with Gasteiger partial charge in [-0.2, -0.15) is 10.1 Å². The van der Waals surface area contributed by atoms with Gasteiger partial charge in [0.05, 0.1) is 19.1 Å². The Labute approximate surface area is 238 Å². The van der Waals surface area contributed by atoms with Gasteiger partial charge in [0, 0.05) is 48.1 Å². The first-order valence-corrected chi connectivity index (χ1v) is 13.9. The number of nitrogens with zero attached hydrogens (tertiary/aromatic N) is 6. The minimum absolute atomic E-state index is 0.109. The van der Waals surface area contributed by atoms with Crippen LogP contribution in [0.1, 0.15) is 62.3 Å². The number of rotatable bonds is 4. The Morgan fingerprint density at radius 2 is 2.00 bits per heavy atom. The number of nitriles is 1. The summed E-state index contributed by atoms with van der Waals surface area (Å²) in [5.41, 5.74) is 6.92.